The molecule has 0 atom stereocenters. The second kappa shape index (κ2) is 5.42. The van der Waals surface area contributed by atoms with Gasteiger partial charge in [0.25, 0.3) is 5.91 Å². The summed E-state index contributed by atoms with van der Waals surface area (Å²) < 4.78 is 0. The number of nitrogens with zero attached hydrogens (tertiary/aromatic N) is 1. The fourth-order valence-electron chi connectivity index (χ4n) is 1.54. The number of nitrogens with two attached hydrogens (primary N) is 2. The van der Waals surface area contributed by atoms with Crippen molar-refractivity contribution in [3.05, 3.63) is 30.0 Å². The first-order valence-corrected chi connectivity index (χ1v) is 5.02. The summed E-state index contributed by atoms with van der Waals surface area (Å²) in [5, 5.41) is 3.32. The number of hydrogen-bond donors (Lipinski definition) is 4. The third-order valence-corrected chi connectivity index (χ3v) is 2.42. The van der Waals surface area contributed by atoms with E-state index in [1.807, 2.05) is 12.1 Å². The lowest BCUT2D eigenvalue weighted by Crippen LogP contribution is -2.36. The van der Waals surface area contributed by atoms with Crippen molar-refractivity contribution in [1.82, 2.24) is 10.3 Å². The van der Waals surface area contributed by atoms with Gasteiger partial charge >= 0.3 is 0 Å². The van der Waals surface area contributed by atoms with Crippen LogP contribution in [-0.2, 0) is 0 Å². The van der Waals surface area contributed by atoms with Gasteiger partial charge in [-0.05, 0) is 12.1 Å². The van der Waals surface area contributed by atoms with E-state index in [2.05, 4.69) is 15.3 Å². The van der Waals surface area contributed by atoms with Gasteiger partial charge in [0.15, 0.2) is 5.96 Å². The van der Waals surface area contributed by atoms with E-state index in [0.29, 0.717) is 11.4 Å². The molecule has 6 N–H and O–H groups in total. The van der Waals surface area contributed by atoms with Gasteiger partial charge in [0.1, 0.15) is 5.69 Å². The number of amides is 1. The highest BCUT2D eigenvalue weighted by Crippen LogP contribution is 2.20. The minimum absolute atomic E-state index is 0. The van der Waals surface area contributed by atoms with E-state index in [-0.39, 0.29) is 24.3 Å². The van der Waals surface area contributed by atoms with E-state index in [1.165, 1.54) is 7.05 Å². The van der Waals surface area contributed by atoms with E-state index in [9.17, 15) is 4.79 Å². The summed E-state index contributed by atoms with van der Waals surface area (Å²) in [4.78, 5) is 18.3. The van der Waals surface area contributed by atoms with E-state index in [1.54, 1.807) is 12.1 Å². The molecule has 0 unspecified atom stereocenters. The average molecular weight is 268 g/mol. The maximum absolute atomic E-state index is 11.8. The highest BCUT2D eigenvalue weighted by molar-refractivity contribution is 6.07. The van der Waals surface area contributed by atoms with E-state index >= 15 is 0 Å². The first kappa shape index (κ1) is 13.9. The predicted molar refractivity (Wildman–Crippen MR) is 75.0 cm³/mol. The Morgan fingerprint density at radius 1 is 1.44 bits per heavy atom. The minimum Gasteiger partial charge on any atom is -0.397 e. The number of hydrogen-bond acceptors (Lipinski definition) is 3. The van der Waals surface area contributed by atoms with E-state index < -0.39 is 0 Å². The van der Waals surface area contributed by atoms with Gasteiger partial charge < -0.3 is 16.5 Å². The molecule has 0 aliphatic carbocycles. The number of anilines is 1. The molecule has 1 aromatic heterocycles. The van der Waals surface area contributed by atoms with Crippen LogP contribution >= 0.6 is 12.4 Å². The van der Waals surface area contributed by atoms with Crippen LogP contribution in [0.1, 0.15) is 10.5 Å². The Morgan fingerprint density at radius 2 is 2.17 bits per heavy atom. The zero-order chi connectivity index (χ0) is 12.4. The van der Waals surface area contributed by atoms with Gasteiger partial charge in [-0.1, -0.05) is 12.1 Å². The summed E-state index contributed by atoms with van der Waals surface area (Å²) >= 11 is 0. The molecule has 96 valence electrons. The van der Waals surface area contributed by atoms with Gasteiger partial charge in [-0.3, -0.25) is 15.1 Å². The maximum atomic E-state index is 11.8. The molecule has 0 saturated carbocycles. The summed E-state index contributed by atoms with van der Waals surface area (Å²) in [6.07, 6.45) is 0. The summed E-state index contributed by atoms with van der Waals surface area (Å²) in [7, 11) is 1.50. The Labute approximate surface area is 110 Å². The molecule has 7 heteroatoms. The lowest BCUT2D eigenvalue weighted by atomic mass is 10.2. The number of benzene rings is 1. The Kier molecular flexibility index (Phi) is 4.17. The Hall–Kier alpha value is -2.21. The molecular formula is C11H14ClN5O. The van der Waals surface area contributed by atoms with Crippen LogP contribution in [0.5, 0.6) is 0 Å². The molecule has 2 rings (SSSR count). The Morgan fingerprint density at radius 3 is 2.78 bits per heavy atom. The fraction of sp³-hybridized carbons (Fsp3) is 0.0909. The first-order chi connectivity index (χ1) is 8.11. The van der Waals surface area contributed by atoms with Gasteiger partial charge in [0.05, 0.1) is 11.2 Å². The Balaban J connectivity index is 0.00000162. The molecular weight excluding hydrogens is 254 g/mol. The smallest absolute Gasteiger partial charge is 0.274 e. The van der Waals surface area contributed by atoms with Crippen molar-refractivity contribution in [2.45, 2.75) is 0 Å². The molecule has 0 saturated heterocycles. The van der Waals surface area contributed by atoms with Crippen LogP contribution in [0.25, 0.3) is 10.9 Å². The number of aromatic nitrogens is 1. The molecule has 0 radical (unpaired) electrons. The van der Waals surface area contributed by atoms with Gasteiger partial charge in [0, 0.05) is 12.4 Å². The first-order valence-electron chi connectivity index (χ1n) is 5.02. The van der Waals surface area contributed by atoms with Crippen LogP contribution in [0.15, 0.2) is 29.3 Å². The summed E-state index contributed by atoms with van der Waals surface area (Å²) in [5.74, 6) is -0.273. The van der Waals surface area contributed by atoms with Crippen LogP contribution in [0, 0.1) is 0 Å². The van der Waals surface area contributed by atoms with E-state index in [0.717, 1.165) is 10.9 Å². The predicted octanol–water partition coefficient (Wildman–Crippen LogP) is 0.846. The number of halogens is 1. The van der Waals surface area contributed by atoms with Crippen molar-refractivity contribution in [1.29, 1.82) is 0 Å². The second-order valence-electron chi connectivity index (χ2n) is 3.56. The van der Waals surface area contributed by atoms with Gasteiger partial charge in [-0.15, -0.1) is 12.4 Å². The monoisotopic (exact) mass is 267 g/mol. The molecule has 0 bridgehead atoms. The number of fused-ring (bicyclic) bond motifs is 1. The third kappa shape index (κ3) is 2.54. The average Bonchev–Trinajstić information content (AvgIpc) is 2.74. The van der Waals surface area contributed by atoms with Crippen LogP contribution in [0.4, 0.5) is 5.69 Å². The number of aromatic amines is 1. The number of H-pyrrole nitrogens is 1. The van der Waals surface area contributed by atoms with Crippen molar-refractivity contribution in [3.8, 4) is 0 Å². The quantitative estimate of drug-likeness (QED) is 0.349. The standard InChI is InChI=1S/C11H13N5O.ClH/c1-14-11(13)16-10(17)8-5-6-3-2-4-7(12)9(6)15-8;/h2-5,15H,12H2,1H3,(H3,13,14,16,17);1H. The van der Waals surface area contributed by atoms with Crippen molar-refractivity contribution in [3.63, 3.8) is 0 Å². The van der Waals surface area contributed by atoms with Crippen LogP contribution < -0.4 is 16.8 Å². The molecule has 18 heavy (non-hydrogen) atoms. The molecule has 6 nitrogen and oxygen atoms in total. The van der Waals surface area contributed by atoms with Crippen LogP contribution in [-0.4, -0.2) is 23.9 Å². The van der Waals surface area contributed by atoms with Crippen molar-refractivity contribution in [2.24, 2.45) is 10.7 Å². The third-order valence-electron chi connectivity index (χ3n) is 2.42. The normalized spacial score (nSPS) is 11.1. The fourth-order valence-corrected chi connectivity index (χ4v) is 1.54. The number of aliphatic imine (C=N–C) groups is 1. The Bertz CT molecular complexity index is 604. The molecule has 0 aliphatic rings. The molecule has 0 fully saturated rings. The van der Waals surface area contributed by atoms with E-state index in [4.69, 9.17) is 11.5 Å². The van der Waals surface area contributed by atoms with Crippen LogP contribution in [0.3, 0.4) is 0 Å². The number of carbonyl (C=O) groups is 1. The topological polar surface area (TPSA) is 109 Å². The lowest BCUT2D eigenvalue weighted by molar-refractivity contribution is 0.0972. The summed E-state index contributed by atoms with van der Waals surface area (Å²) in [6.45, 7) is 0. The number of guanidine groups is 1. The lowest BCUT2D eigenvalue weighted by Gasteiger charge is -2.00. The van der Waals surface area contributed by atoms with Crippen molar-refractivity contribution < 1.29 is 4.79 Å². The maximum Gasteiger partial charge on any atom is 0.274 e. The van der Waals surface area contributed by atoms with Gasteiger partial charge in [-0.2, -0.15) is 0 Å². The number of para-hydroxylation sites is 1. The number of carbonyl (C=O) groups excluding carboxylic acids is 1. The van der Waals surface area contributed by atoms with Crippen molar-refractivity contribution >= 4 is 40.9 Å². The molecule has 0 aliphatic heterocycles. The molecule has 1 heterocycles. The largest absolute Gasteiger partial charge is 0.397 e. The number of nitrogen functional groups attached to an aromatic ring is 1. The highest BCUT2D eigenvalue weighted by atomic mass is 35.5. The zero-order valence-corrected chi connectivity index (χ0v) is 10.5. The molecule has 1 aromatic carbocycles. The highest BCUT2D eigenvalue weighted by Gasteiger charge is 2.11. The van der Waals surface area contributed by atoms with Gasteiger partial charge in [-0.25, -0.2) is 0 Å². The summed E-state index contributed by atoms with van der Waals surface area (Å²) in [5.41, 5.74) is 12.9. The van der Waals surface area contributed by atoms with Crippen LogP contribution in [0.2, 0.25) is 0 Å². The molecule has 1 amide bonds. The zero-order valence-electron chi connectivity index (χ0n) is 9.73. The number of rotatable bonds is 1. The molecule has 2 aromatic rings. The minimum atomic E-state index is -0.344. The summed E-state index contributed by atoms with van der Waals surface area (Å²) in [6, 6.07) is 7.18. The number of nitrogens with one attached hydrogen (secondary N) is 2. The van der Waals surface area contributed by atoms with Crippen molar-refractivity contribution in [2.75, 3.05) is 12.8 Å². The molecule has 0 spiro atoms. The second-order valence-corrected chi connectivity index (χ2v) is 3.56. The van der Waals surface area contributed by atoms with Gasteiger partial charge in [0.2, 0.25) is 0 Å². The SMILES string of the molecule is CN=C(N)NC(=O)c1cc2cccc(N)c2[nH]1.Cl.